The number of rotatable bonds is 5. The molecule has 8 nitrogen and oxygen atoms in total. The predicted octanol–water partition coefficient (Wildman–Crippen LogP) is 1.82. The Labute approximate surface area is 158 Å². The van der Waals surface area contributed by atoms with Crippen LogP contribution in [0.2, 0.25) is 0 Å². The second-order valence-electron chi connectivity index (χ2n) is 6.65. The third kappa shape index (κ3) is 3.69. The number of nitrogens with zero attached hydrogens (tertiary/aromatic N) is 6. The van der Waals surface area contributed by atoms with Crippen molar-refractivity contribution in [2.75, 3.05) is 14.1 Å². The van der Waals surface area contributed by atoms with Gasteiger partial charge in [0.05, 0.1) is 25.0 Å². The van der Waals surface area contributed by atoms with Gasteiger partial charge in [0.15, 0.2) is 11.8 Å². The van der Waals surface area contributed by atoms with E-state index in [1.165, 1.54) is 0 Å². The van der Waals surface area contributed by atoms with E-state index >= 15 is 0 Å². The van der Waals surface area contributed by atoms with Crippen molar-refractivity contribution in [3.63, 3.8) is 0 Å². The van der Waals surface area contributed by atoms with E-state index in [2.05, 4.69) is 47.2 Å². The summed E-state index contributed by atoms with van der Waals surface area (Å²) < 4.78 is 2.19. The molecule has 0 saturated carbocycles. The van der Waals surface area contributed by atoms with E-state index < -0.39 is 0 Å². The average Bonchev–Trinajstić information content (AvgIpc) is 3.41. The predicted molar refractivity (Wildman–Crippen MR) is 104 cm³/mol. The van der Waals surface area contributed by atoms with Crippen LogP contribution in [0.5, 0.6) is 0 Å². The third-order valence-electron chi connectivity index (χ3n) is 4.76. The van der Waals surface area contributed by atoms with Crippen molar-refractivity contribution in [1.82, 2.24) is 34.9 Å². The maximum Gasteiger partial charge on any atom is 0.194 e. The molecule has 0 saturated heterocycles. The van der Waals surface area contributed by atoms with Gasteiger partial charge in [0.1, 0.15) is 11.6 Å². The van der Waals surface area contributed by atoms with Gasteiger partial charge in [-0.25, -0.2) is 4.98 Å². The van der Waals surface area contributed by atoms with Crippen molar-refractivity contribution in [2.45, 2.75) is 32.5 Å². The minimum absolute atomic E-state index is 0.609. The SMILES string of the molecule is CN=C(NCc1nnc2n1CCC2)N(C)Cc1ncc(-c2ccccc2)[nH]1. The Morgan fingerprint density at radius 3 is 2.96 bits per heavy atom. The standard InChI is InChI=1S/C19H24N8/c1-20-19(22-12-18-25-24-17-9-6-10-27(17)18)26(2)13-16-21-11-15(23-16)14-7-4-3-5-8-14/h3-5,7-8,11H,6,9-10,12-13H2,1-2H3,(H,20,22)(H,21,23). The molecule has 0 aliphatic carbocycles. The Bertz CT molecular complexity index is 924. The molecule has 1 aromatic carbocycles. The Kier molecular flexibility index (Phi) is 4.86. The summed E-state index contributed by atoms with van der Waals surface area (Å²) in [4.78, 5) is 14.3. The van der Waals surface area contributed by atoms with Crippen LogP contribution in [0.15, 0.2) is 41.5 Å². The highest BCUT2D eigenvalue weighted by molar-refractivity contribution is 5.79. The summed E-state index contributed by atoms with van der Waals surface area (Å²) in [6, 6.07) is 10.2. The van der Waals surface area contributed by atoms with E-state index in [1.807, 2.05) is 36.3 Å². The summed E-state index contributed by atoms with van der Waals surface area (Å²) in [7, 11) is 3.78. The van der Waals surface area contributed by atoms with Gasteiger partial charge in [-0.2, -0.15) is 0 Å². The Morgan fingerprint density at radius 1 is 1.30 bits per heavy atom. The number of aliphatic imine (C=N–C) groups is 1. The highest BCUT2D eigenvalue weighted by atomic mass is 15.3. The maximum absolute atomic E-state index is 4.50. The third-order valence-corrected chi connectivity index (χ3v) is 4.76. The molecule has 3 heterocycles. The van der Waals surface area contributed by atoms with E-state index in [-0.39, 0.29) is 0 Å². The molecule has 0 radical (unpaired) electrons. The molecule has 2 N–H and O–H groups in total. The molecule has 3 aromatic rings. The average molecular weight is 364 g/mol. The van der Waals surface area contributed by atoms with Crippen LogP contribution in [-0.2, 0) is 26.1 Å². The number of hydrogen-bond donors (Lipinski definition) is 2. The Hall–Kier alpha value is -3.16. The van der Waals surface area contributed by atoms with Gasteiger partial charge in [-0.1, -0.05) is 30.3 Å². The van der Waals surface area contributed by atoms with Crippen LogP contribution in [0.3, 0.4) is 0 Å². The van der Waals surface area contributed by atoms with Crippen LogP contribution in [0.25, 0.3) is 11.3 Å². The molecule has 0 fully saturated rings. The molecule has 1 aliphatic heterocycles. The van der Waals surface area contributed by atoms with Gasteiger partial charge in [-0.3, -0.25) is 4.99 Å². The van der Waals surface area contributed by atoms with Crippen LogP contribution >= 0.6 is 0 Å². The molecule has 1 aliphatic rings. The van der Waals surface area contributed by atoms with E-state index in [0.717, 1.165) is 54.1 Å². The zero-order valence-electron chi connectivity index (χ0n) is 15.7. The first kappa shape index (κ1) is 17.3. The maximum atomic E-state index is 4.50. The van der Waals surface area contributed by atoms with Crippen LogP contribution in [-0.4, -0.2) is 49.7 Å². The van der Waals surface area contributed by atoms with Crippen LogP contribution in [0.4, 0.5) is 0 Å². The van der Waals surface area contributed by atoms with E-state index in [9.17, 15) is 0 Å². The molecule has 140 valence electrons. The van der Waals surface area contributed by atoms with Gasteiger partial charge in [0, 0.05) is 27.1 Å². The number of fused-ring (bicyclic) bond motifs is 1. The van der Waals surface area contributed by atoms with Crippen molar-refractivity contribution in [2.24, 2.45) is 4.99 Å². The van der Waals surface area contributed by atoms with E-state index in [0.29, 0.717) is 13.1 Å². The molecule has 2 aromatic heterocycles. The van der Waals surface area contributed by atoms with Gasteiger partial charge in [-0.15, -0.1) is 10.2 Å². The first-order valence-electron chi connectivity index (χ1n) is 9.16. The summed E-state index contributed by atoms with van der Waals surface area (Å²) in [5, 5.41) is 11.9. The molecule has 0 spiro atoms. The van der Waals surface area contributed by atoms with Gasteiger partial charge >= 0.3 is 0 Å². The summed E-state index contributed by atoms with van der Waals surface area (Å²) >= 11 is 0. The number of imidazole rings is 1. The first-order valence-corrected chi connectivity index (χ1v) is 9.16. The number of benzene rings is 1. The monoisotopic (exact) mass is 364 g/mol. The normalized spacial score (nSPS) is 13.6. The fourth-order valence-corrected chi connectivity index (χ4v) is 3.39. The van der Waals surface area contributed by atoms with Crippen molar-refractivity contribution >= 4 is 5.96 Å². The van der Waals surface area contributed by atoms with Gasteiger partial charge < -0.3 is 19.8 Å². The summed E-state index contributed by atoms with van der Waals surface area (Å²) in [5.41, 5.74) is 2.14. The molecule has 0 unspecified atom stereocenters. The zero-order valence-corrected chi connectivity index (χ0v) is 15.7. The van der Waals surface area contributed by atoms with Crippen molar-refractivity contribution < 1.29 is 0 Å². The van der Waals surface area contributed by atoms with Gasteiger partial charge in [0.25, 0.3) is 0 Å². The minimum atomic E-state index is 0.609. The van der Waals surface area contributed by atoms with Crippen LogP contribution < -0.4 is 5.32 Å². The van der Waals surface area contributed by atoms with Crippen LogP contribution in [0, 0.1) is 0 Å². The topological polar surface area (TPSA) is 87.0 Å². The molecular weight excluding hydrogens is 340 g/mol. The Morgan fingerprint density at radius 2 is 2.15 bits per heavy atom. The quantitative estimate of drug-likeness (QED) is 0.533. The number of aromatic nitrogens is 5. The molecule has 4 rings (SSSR count). The van der Waals surface area contributed by atoms with Gasteiger partial charge in [0.2, 0.25) is 0 Å². The number of nitrogens with one attached hydrogen (secondary N) is 2. The summed E-state index contributed by atoms with van der Waals surface area (Å²) in [6.07, 6.45) is 4.03. The number of hydrogen-bond acceptors (Lipinski definition) is 4. The minimum Gasteiger partial charge on any atom is -0.349 e. The lowest BCUT2D eigenvalue weighted by molar-refractivity contribution is 0.461. The largest absolute Gasteiger partial charge is 0.349 e. The first-order chi connectivity index (χ1) is 13.2. The fraction of sp³-hybridized carbons (Fsp3) is 0.368. The summed E-state index contributed by atoms with van der Waals surface area (Å²) in [5.74, 6) is 3.73. The lowest BCUT2D eigenvalue weighted by atomic mass is 10.2. The number of H-pyrrole nitrogens is 1. The van der Waals surface area contributed by atoms with Gasteiger partial charge in [-0.05, 0) is 12.0 Å². The Balaban J connectivity index is 1.38. The zero-order chi connectivity index (χ0) is 18.6. The molecule has 8 heteroatoms. The lowest BCUT2D eigenvalue weighted by Crippen LogP contribution is -2.38. The van der Waals surface area contributed by atoms with E-state index in [1.54, 1.807) is 7.05 Å². The second kappa shape index (κ2) is 7.61. The number of aryl methyl sites for hydroxylation is 1. The smallest absolute Gasteiger partial charge is 0.194 e. The molecule has 0 atom stereocenters. The molecular formula is C19H24N8. The fourth-order valence-electron chi connectivity index (χ4n) is 3.39. The molecule has 27 heavy (non-hydrogen) atoms. The summed E-state index contributed by atoms with van der Waals surface area (Å²) in [6.45, 7) is 2.24. The van der Waals surface area contributed by atoms with Crippen molar-refractivity contribution in [1.29, 1.82) is 0 Å². The van der Waals surface area contributed by atoms with Crippen LogP contribution in [0.1, 0.15) is 23.9 Å². The second-order valence-corrected chi connectivity index (χ2v) is 6.65. The van der Waals surface area contributed by atoms with Crippen molar-refractivity contribution in [3.05, 3.63) is 54.0 Å². The molecule has 0 bridgehead atoms. The lowest BCUT2D eigenvalue weighted by Gasteiger charge is -2.21. The highest BCUT2D eigenvalue weighted by Gasteiger charge is 2.18. The van der Waals surface area contributed by atoms with Crippen molar-refractivity contribution in [3.8, 4) is 11.3 Å². The number of guanidine groups is 1. The number of aromatic amines is 1. The molecule has 0 amide bonds. The van der Waals surface area contributed by atoms with E-state index in [4.69, 9.17) is 0 Å². The highest BCUT2D eigenvalue weighted by Crippen LogP contribution is 2.17.